The van der Waals surface area contributed by atoms with Crippen LogP contribution in [0.2, 0.25) is 0 Å². The summed E-state index contributed by atoms with van der Waals surface area (Å²) in [6.45, 7) is 3.00. The number of rotatable bonds is 4. The van der Waals surface area contributed by atoms with Crippen LogP contribution in [0.5, 0.6) is 0 Å². The van der Waals surface area contributed by atoms with Gasteiger partial charge in [-0.2, -0.15) is 4.31 Å². The van der Waals surface area contributed by atoms with Gasteiger partial charge in [-0.15, -0.1) is 0 Å². The standard InChI is InChI=1S/C20H26N2O5S/c1-13-2-6-16(7-3-13)28(26,27)22-10-8-21(9-11-22)19(23)17-14-4-5-15(12-14)18(17)20(24)25/h2-3,6-7,14-15,17-18H,4-5,8-12H2,1H3,(H,24,25)/t14-,15-,17-,18+/m0/s1. The lowest BCUT2D eigenvalue weighted by Gasteiger charge is -2.37. The third-order valence-electron chi connectivity index (χ3n) is 6.70. The van der Waals surface area contributed by atoms with Crippen LogP contribution >= 0.6 is 0 Å². The van der Waals surface area contributed by atoms with Gasteiger partial charge in [-0.05, 0) is 50.2 Å². The van der Waals surface area contributed by atoms with E-state index in [1.807, 2.05) is 6.92 Å². The Kier molecular flexibility index (Phi) is 4.95. The van der Waals surface area contributed by atoms with Gasteiger partial charge >= 0.3 is 5.97 Å². The first kappa shape index (κ1) is 19.4. The van der Waals surface area contributed by atoms with Crippen LogP contribution in [0.3, 0.4) is 0 Å². The SMILES string of the molecule is Cc1ccc(S(=O)(=O)N2CCN(C(=O)[C@H]3[C@H]4CC[C@@H](C4)[C@H]3C(=O)O)CC2)cc1. The third kappa shape index (κ3) is 3.22. The highest BCUT2D eigenvalue weighted by atomic mass is 32.2. The summed E-state index contributed by atoms with van der Waals surface area (Å²) in [6.07, 6.45) is 2.65. The van der Waals surface area contributed by atoms with Gasteiger partial charge in [-0.1, -0.05) is 17.7 Å². The van der Waals surface area contributed by atoms with Gasteiger partial charge in [-0.3, -0.25) is 9.59 Å². The molecule has 1 N–H and O–H groups in total. The molecule has 152 valence electrons. The predicted octanol–water partition coefficient (Wildman–Crippen LogP) is 1.57. The van der Waals surface area contributed by atoms with Gasteiger partial charge < -0.3 is 10.0 Å². The highest BCUT2D eigenvalue weighted by molar-refractivity contribution is 7.89. The molecule has 2 aliphatic carbocycles. The minimum Gasteiger partial charge on any atom is -0.481 e. The Morgan fingerprint density at radius 2 is 1.54 bits per heavy atom. The summed E-state index contributed by atoms with van der Waals surface area (Å²) in [5.41, 5.74) is 0.994. The Morgan fingerprint density at radius 3 is 2.11 bits per heavy atom. The number of amides is 1. The molecule has 2 saturated carbocycles. The number of carbonyl (C=O) groups is 2. The number of fused-ring (bicyclic) bond motifs is 2. The molecule has 0 radical (unpaired) electrons. The van der Waals surface area contributed by atoms with Crippen molar-refractivity contribution in [3.63, 3.8) is 0 Å². The molecule has 28 heavy (non-hydrogen) atoms. The monoisotopic (exact) mass is 406 g/mol. The number of hydrogen-bond acceptors (Lipinski definition) is 4. The van der Waals surface area contributed by atoms with Crippen LogP contribution in [-0.2, 0) is 19.6 Å². The number of nitrogens with zero attached hydrogens (tertiary/aromatic N) is 2. The number of aliphatic carboxylic acids is 1. The molecule has 7 nitrogen and oxygen atoms in total. The zero-order chi connectivity index (χ0) is 20.1. The van der Waals surface area contributed by atoms with Gasteiger partial charge in [-0.25, -0.2) is 8.42 Å². The van der Waals surface area contributed by atoms with Crippen molar-refractivity contribution in [1.29, 1.82) is 0 Å². The average Bonchev–Trinajstić information content (AvgIpc) is 3.29. The second-order valence-electron chi connectivity index (χ2n) is 8.27. The van der Waals surface area contributed by atoms with E-state index >= 15 is 0 Å². The van der Waals surface area contributed by atoms with Crippen molar-refractivity contribution in [2.75, 3.05) is 26.2 Å². The van der Waals surface area contributed by atoms with Gasteiger partial charge in [0.1, 0.15) is 0 Å². The normalized spacial score (nSPS) is 30.5. The topological polar surface area (TPSA) is 95.0 Å². The van der Waals surface area contributed by atoms with E-state index in [-0.39, 0.29) is 35.7 Å². The number of sulfonamides is 1. The number of carboxylic acids is 1. The molecular formula is C20H26N2O5S. The summed E-state index contributed by atoms with van der Waals surface area (Å²) in [5.74, 6) is -1.73. The molecule has 4 rings (SSSR count). The molecule has 1 aromatic rings. The first-order valence-corrected chi connectivity index (χ1v) is 11.3. The van der Waals surface area contributed by atoms with E-state index < -0.39 is 27.8 Å². The summed E-state index contributed by atoms with van der Waals surface area (Å²) in [5, 5.41) is 9.59. The number of benzene rings is 1. The highest BCUT2D eigenvalue weighted by Crippen LogP contribution is 2.53. The van der Waals surface area contributed by atoms with Crippen LogP contribution in [0.4, 0.5) is 0 Å². The number of hydrogen-bond donors (Lipinski definition) is 1. The Labute approximate surface area is 165 Å². The molecule has 0 aromatic heterocycles. The van der Waals surface area contributed by atoms with Gasteiger partial charge in [0.05, 0.1) is 16.7 Å². The summed E-state index contributed by atoms with van der Waals surface area (Å²) in [6, 6.07) is 6.76. The zero-order valence-electron chi connectivity index (χ0n) is 16.0. The molecule has 1 heterocycles. The van der Waals surface area contributed by atoms with Crippen LogP contribution in [0.1, 0.15) is 24.8 Å². The number of aryl methyl sites for hydroxylation is 1. The van der Waals surface area contributed by atoms with Crippen LogP contribution in [0, 0.1) is 30.6 Å². The molecular weight excluding hydrogens is 380 g/mol. The van der Waals surface area contributed by atoms with E-state index in [9.17, 15) is 23.1 Å². The van der Waals surface area contributed by atoms with E-state index in [4.69, 9.17) is 0 Å². The first-order chi connectivity index (χ1) is 13.3. The summed E-state index contributed by atoms with van der Waals surface area (Å²) >= 11 is 0. The second kappa shape index (κ2) is 7.15. The van der Waals surface area contributed by atoms with E-state index in [0.29, 0.717) is 13.1 Å². The van der Waals surface area contributed by atoms with Gasteiger partial charge in [0.15, 0.2) is 0 Å². The molecule has 1 amide bonds. The predicted molar refractivity (Wildman–Crippen MR) is 102 cm³/mol. The minimum absolute atomic E-state index is 0.105. The fraction of sp³-hybridized carbons (Fsp3) is 0.600. The Balaban J connectivity index is 1.43. The molecule has 0 unspecified atom stereocenters. The summed E-state index contributed by atoms with van der Waals surface area (Å²) in [7, 11) is -3.58. The van der Waals surface area contributed by atoms with Gasteiger partial charge in [0.25, 0.3) is 0 Å². The smallest absolute Gasteiger partial charge is 0.307 e. The molecule has 3 aliphatic rings. The highest BCUT2D eigenvalue weighted by Gasteiger charge is 2.55. The lowest BCUT2D eigenvalue weighted by Crippen LogP contribution is -2.53. The maximum absolute atomic E-state index is 13.1. The fourth-order valence-corrected chi connectivity index (χ4v) is 6.64. The maximum Gasteiger partial charge on any atom is 0.307 e. The van der Waals surface area contributed by atoms with Crippen molar-refractivity contribution in [2.45, 2.75) is 31.1 Å². The fourth-order valence-electron chi connectivity index (χ4n) is 5.22. The van der Waals surface area contributed by atoms with Gasteiger partial charge in [0, 0.05) is 26.2 Å². The van der Waals surface area contributed by atoms with E-state index in [1.54, 1.807) is 29.2 Å². The molecule has 1 aromatic carbocycles. The summed E-state index contributed by atoms with van der Waals surface area (Å²) < 4.78 is 27.1. The maximum atomic E-state index is 13.1. The van der Waals surface area contributed by atoms with E-state index in [1.165, 1.54) is 4.31 Å². The average molecular weight is 407 g/mol. The summed E-state index contributed by atoms with van der Waals surface area (Å²) in [4.78, 5) is 26.7. The zero-order valence-corrected chi connectivity index (χ0v) is 16.8. The molecule has 0 spiro atoms. The Bertz CT molecular complexity index is 874. The van der Waals surface area contributed by atoms with E-state index in [2.05, 4.69) is 0 Å². The van der Waals surface area contributed by atoms with Crippen molar-refractivity contribution in [1.82, 2.24) is 9.21 Å². The molecule has 8 heteroatoms. The number of carbonyl (C=O) groups excluding carboxylic acids is 1. The molecule has 1 saturated heterocycles. The lowest BCUT2D eigenvalue weighted by atomic mass is 9.78. The molecule has 4 atom stereocenters. The third-order valence-corrected chi connectivity index (χ3v) is 8.61. The largest absolute Gasteiger partial charge is 0.481 e. The van der Waals surface area contributed by atoms with E-state index in [0.717, 1.165) is 24.8 Å². The Hall–Kier alpha value is -1.93. The van der Waals surface area contributed by atoms with Crippen molar-refractivity contribution in [3.8, 4) is 0 Å². The quantitative estimate of drug-likeness (QED) is 0.819. The van der Waals surface area contributed by atoms with Crippen molar-refractivity contribution < 1.29 is 23.1 Å². The van der Waals surface area contributed by atoms with Crippen LogP contribution < -0.4 is 0 Å². The lowest BCUT2D eigenvalue weighted by molar-refractivity contribution is -0.153. The van der Waals surface area contributed by atoms with Crippen LogP contribution in [0.15, 0.2) is 29.2 Å². The minimum atomic E-state index is -3.58. The molecule has 3 fully saturated rings. The molecule has 2 bridgehead atoms. The Morgan fingerprint density at radius 1 is 0.964 bits per heavy atom. The van der Waals surface area contributed by atoms with Crippen molar-refractivity contribution in [3.05, 3.63) is 29.8 Å². The molecule has 1 aliphatic heterocycles. The first-order valence-electron chi connectivity index (χ1n) is 9.87. The van der Waals surface area contributed by atoms with Crippen LogP contribution in [-0.4, -0.2) is 60.8 Å². The number of carboxylic acid groups (broad SMARTS) is 1. The van der Waals surface area contributed by atoms with Crippen molar-refractivity contribution in [2.24, 2.45) is 23.7 Å². The van der Waals surface area contributed by atoms with Crippen LogP contribution in [0.25, 0.3) is 0 Å². The van der Waals surface area contributed by atoms with Gasteiger partial charge in [0.2, 0.25) is 15.9 Å². The second-order valence-corrected chi connectivity index (χ2v) is 10.2. The number of piperazine rings is 1. The van der Waals surface area contributed by atoms with Crippen molar-refractivity contribution >= 4 is 21.9 Å².